The molecule has 4 aromatic rings. The Balaban J connectivity index is 0.000000933. The molecule has 0 unspecified atom stereocenters. The molecule has 0 bridgehead atoms. The van der Waals surface area contributed by atoms with E-state index in [0.29, 0.717) is 82.4 Å². The Kier molecular flexibility index (Phi) is 17.6. The molecule has 20 heteroatoms. The largest absolute Gasteiger partial charge is 0.506 e. The number of morpholine rings is 1. The number of pyridine rings is 1. The number of anilines is 1. The number of carbonyl (C=O) groups is 4. The number of halogens is 3. The second kappa shape index (κ2) is 24.0. The first-order valence-electron chi connectivity index (χ1n) is 23.6. The number of phenolic OH excluding ortho intramolecular Hbond substituents is 1. The lowest BCUT2D eigenvalue weighted by atomic mass is 9.89. The van der Waals surface area contributed by atoms with Crippen molar-refractivity contribution in [2.45, 2.75) is 88.6 Å². The number of nitrogens with zero attached hydrogens (tertiary/aromatic N) is 5. The second-order valence-electron chi connectivity index (χ2n) is 17.8. The van der Waals surface area contributed by atoms with Gasteiger partial charge in [0.05, 0.1) is 55.3 Å². The molecule has 4 aliphatic rings. The Morgan fingerprint density at radius 3 is 2.48 bits per heavy atom. The van der Waals surface area contributed by atoms with Crippen LogP contribution in [0.4, 0.5) is 18.9 Å². The molecule has 1 spiro atoms. The number of aromatic amines is 1. The molecule has 0 radical (unpaired) electrons. The number of likely N-dealkylation sites (tertiary alicyclic amines) is 1. The number of nitrogens with one attached hydrogen (secondary N) is 3. The van der Waals surface area contributed by atoms with E-state index in [-0.39, 0.29) is 41.7 Å². The van der Waals surface area contributed by atoms with Crippen LogP contribution in [0.25, 0.3) is 11.4 Å². The van der Waals surface area contributed by atoms with E-state index >= 15 is 0 Å². The number of aromatic nitrogens is 3. The van der Waals surface area contributed by atoms with Gasteiger partial charge in [0.1, 0.15) is 11.4 Å². The van der Waals surface area contributed by atoms with Gasteiger partial charge in [-0.2, -0.15) is 18.3 Å². The first-order chi connectivity index (χ1) is 33.3. The predicted molar refractivity (Wildman–Crippen MR) is 248 cm³/mol. The van der Waals surface area contributed by atoms with Gasteiger partial charge in [0, 0.05) is 57.7 Å². The number of benzene rings is 2. The average Bonchev–Trinajstić information content (AvgIpc) is 3.90. The standard InChI is InChI=1S/C47H60N8O7.C2HF3O2/c56-41-12-10-36(45-44(41)51-42(57)32-61-45)13-19-48-21-24-55(38-7-2-1-3-8-38)43(58)16-27-60-26-15-34-5-4-6-35(29-34)31-53-22-17-47(18-23-53)33-54(25-28-62-47)46(59)37-9-11-39(49-30-37)40-14-20-50-52-40;3-2(4,5)1(6)7/h4-6,9-12,14,20,29-30,38,48,56H,1-3,7-8,13,15-19,21-28,31-33H2,(H,50,52)(H,51,57);(H,6,7). The predicted octanol–water partition coefficient (Wildman–Crippen LogP) is 5.59. The quantitative estimate of drug-likeness (QED) is 0.0646. The van der Waals surface area contributed by atoms with E-state index in [1.807, 2.05) is 29.2 Å². The third-order valence-corrected chi connectivity index (χ3v) is 13.0. The summed E-state index contributed by atoms with van der Waals surface area (Å²) in [5, 5.41) is 30.4. The minimum absolute atomic E-state index is 0.00698. The molecule has 5 N–H and O–H groups in total. The van der Waals surface area contributed by atoms with Crippen LogP contribution in [0.15, 0.2) is 67.0 Å². The number of hydrogen-bond acceptors (Lipinski definition) is 12. The van der Waals surface area contributed by atoms with Gasteiger partial charge in [0.2, 0.25) is 5.91 Å². The first-order valence-corrected chi connectivity index (χ1v) is 23.6. The molecular weight excluding hydrogens is 902 g/mol. The van der Waals surface area contributed by atoms with Crippen LogP contribution in [0.2, 0.25) is 0 Å². The minimum atomic E-state index is -5.08. The lowest BCUT2D eigenvalue weighted by molar-refractivity contribution is -0.192. The van der Waals surface area contributed by atoms with Crippen molar-refractivity contribution in [3.63, 3.8) is 0 Å². The fourth-order valence-electron chi connectivity index (χ4n) is 9.30. The molecule has 372 valence electrons. The van der Waals surface area contributed by atoms with E-state index in [1.54, 1.807) is 18.5 Å². The van der Waals surface area contributed by atoms with Crippen molar-refractivity contribution in [1.82, 2.24) is 35.2 Å². The topological polar surface area (TPSA) is 212 Å². The molecular formula is C49H61F3N8O9. The van der Waals surface area contributed by atoms with E-state index in [1.165, 1.54) is 17.5 Å². The van der Waals surface area contributed by atoms with Gasteiger partial charge < -0.3 is 44.9 Å². The van der Waals surface area contributed by atoms with Gasteiger partial charge in [-0.25, -0.2) is 4.79 Å². The number of amides is 3. The zero-order valence-electron chi connectivity index (χ0n) is 38.6. The number of aliphatic carboxylic acids is 1. The van der Waals surface area contributed by atoms with Crippen molar-refractivity contribution in [2.75, 3.05) is 77.6 Å². The maximum absolute atomic E-state index is 13.6. The molecule has 69 heavy (non-hydrogen) atoms. The maximum atomic E-state index is 13.6. The second-order valence-corrected chi connectivity index (χ2v) is 17.8. The van der Waals surface area contributed by atoms with Crippen LogP contribution in [-0.2, 0) is 43.2 Å². The molecule has 2 aromatic heterocycles. The van der Waals surface area contributed by atoms with Crippen LogP contribution in [0.3, 0.4) is 0 Å². The van der Waals surface area contributed by atoms with E-state index in [4.69, 9.17) is 24.1 Å². The van der Waals surface area contributed by atoms with Gasteiger partial charge in [-0.15, -0.1) is 0 Å². The summed E-state index contributed by atoms with van der Waals surface area (Å²) in [5.41, 5.74) is 5.55. The van der Waals surface area contributed by atoms with Gasteiger partial charge in [-0.3, -0.25) is 29.4 Å². The Hall–Kier alpha value is -6.09. The maximum Gasteiger partial charge on any atom is 0.490 e. The van der Waals surface area contributed by atoms with Crippen LogP contribution in [0.1, 0.15) is 78.4 Å². The molecule has 3 amide bonds. The van der Waals surface area contributed by atoms with Crippen LogP contribution >= 0.6 is 0 Å². The van der Waals surface area contributed by atoms with Crippen LogP contribution in [0.5, 0.6) is 11.5 Å². The number of ether oxygens (including phenoxy) is 3. The lowest BCUT2D eigenvalue weighted by Crippen LogP contribution is -2.57. The molecule has 3 fully saturated rings. The van der Waals surface area contributed by atoms with E-state index in [9.17, 15) is 32.7 Å². The summed E-state index contributed by atoms with van der Waals surface area (Å²) in [6, 6.07) is 17.9. The van der Waals surface area contributed by atoms with Crippen molar-refractivity contribution in [2.24, 2.45) is 0 Å². The third-order valence-electron chi connectivity index (χ3n) is 13.0. The molecule has 5 heterocycles. The molecule has 17 nitrogen and oxygen atoms in total. The average molecular weight is 963 g/mol. The monoisotopic (exact) mass is 962 g/mol. The summed E-state index contributed by atoms with van der Waals surface area (Å²) >= 11 is 0. The van der Waals surface area contributed by atoms with Gasteiger partial charge in [0.25, 0.3) is 11.8 Å². The summed E-state index contributed by atoms with van der Waals surface area (Å²) in [5.74, 6) is -2.39. The van der Waals surface area contributed by atoms with Crippen molar-refractivity contribution < 1.29 is 56.8 Å². The summed E-state index contributed by atoms with van der Waals surface area (Å²) in [7, 11) is 0. The fraction of sp³-hybridized carbons (Fsp3) is 0.510. The third kappa shape index (κ3) is 14.2. The summed E-state index contributed by atoms with van der Waals surface area (Å²) in [4.78, 5) is 58.6. The number of phenols is 1. The number of rotatable bonds is 17. The number of fused-ring (bicyclic) bond motifs is 1. The number of carboxylic acids is 1. The highest BCUT2D eigenvalue weighted by Gasteiger charge is 2.41. The first kappa shape index (κ1) is 50.8. The number of piperidine rings is 1. The van der Waals surface area contributed by atoms with E-state index < -0.39 is 12.1 Å². The van der Waals surface area contributed by atoms with Crippen LogP contribution < -0.4 is 15.4 Å². The fourth-order valence-corrected chi connectivity index (χ4v) is 9.30. The molecule has 3 aliphatic heterocycles. The van der Waals surface area contributed by atoms with Crippen LogP contribution in [0, 0.1) is 0 Å². The number of alkyl halides is 3. The molecule has 1 saturated carbocycles. The number of carboxylic acid groups (broad SMARTS) is 1. The van der Waals surface area contributed by atoms with Gasteiger partial charge in [-0.1, -0.05) is 49.6 Å². The Morgan fingerprint density at radius 1 is 0.971 bits per heavy atom. The Labute approximate surface area is 398 Å². The van der Waals surface area contributed by atoms with Crippen LogP contribution in [-0.4, -0.2) is 154 Å². The number of aromatic hydroxyl groups is 1. The number of carbonyl (C=O) groups excluding carboxylic acids is 3. The van der Waals surface area contributed by atoms with Gasteiger partial charge >= 0.3 is 12.1 Å². The highest BCUT2D eigenvalue weighted by molar-refractivity contribution is 5.97. The minimum Gasteiger partial charge on any atom is -0.506 e. The zero-order valence-corrected chi connectivity index (χ0v) is 38.6. The highest BCUT2D eigenvalue weighted by Crippen LogP contribution is 2.39. The van der Waals surface area contributed by atoms with Gasteiger partial charge in [-0.05, 0) is 86.0 Å². The molecule has 8 rings (SSSR count). The Morgan fingerprint density at radius 2 is 1.75 bits per heavy atom. The van der Waals surface area contributed by atoms with Gasteiger partial charge in [0.15, 0.2) is 12.4 Å². The summed E-state index contributed by atoms with van der Waals surface area (Å²) in [6.45, 7) is 7.22. The number of hydrogen-bond donors (Lipinski definition) is 5. The van der Waals surface area contributed by atoms with E-state index in [2.05, 4.69) is 59.9 Å². The Bertz CT molecular complexity index is 2340. The lowest BCUT2D eigenvalue weighted by Gasteiger charge is -2.47. The van der Waals surface area contributed by atoms with Crippen molar-refractivity contribution >= 4 is 29.4 Å². The molecule has 2 aromatic carbocycles. The summed E-state index contributed by atoms with van der Waals surface area (Å²) < 4.78 is 49.8. The normalized spacial score (nSPS) is 17.3. The smallest absolute Gasteiger partial charge is 0.490 e. The SMILES string of the molecule is O=C(O)C(F)(F)F.O=C1COc2c(CCNCCN(C(=O)CCOCCc3cccc(CN4CCC5(CC4)CN(C(=O)c4ccc(-c6ccn[nH]6)nc4)CCO5)c3)C3CCCCC3)ccc(O)c2N1. The molecule has 1 aliphatic carbocycles. The zero-order chi connectivity index (χ0) is 48.8. The molecule has 0 atom stereocenters. The number of H-pyrrole nitrogens is 1. The highest BCUT2D eigenvalue weighted by atomic mass is 19.4. The molecule has 2 saturated heterocycles. The van der Waals surface area contributed by atoms with Crippen molar-refractivity contribution in [3.05, 3.63) is 89.2 Å². The van der Waals surface area contributed by atoms with Crippen molar-refractivity contribution in [1.29, 1.82) is 0 Å². The van der Waals surface area contributed by atoms with E-state index in [0.717, 1.165) is 81.5 Å². The van der Waals surface area contributed by atoms with Crippen molar-refractivity contribution in [3.8, 4) is 22.9 Å². The summed E-state index contributed by atoms with van der Waals surface area (Å²) in [6.07, 6.45) is 7.40.